The number of aromatic nitrogens is 3. The fourth-order valence-electron chi connectivity index (χ4n) is 1.23. The van der Waals surface area contributed by atoms with Crippen molar-refractivity contribution in [1.82, 2.24) is 14.5 Å². The Kier molecular flexibility index (Phi) is 2.77. The summed E-state index contributed by atoms with van der Waals surface area (Å²) in [6.45, 7) is 0.292. The molecule has 0 aliphatic heterocycles. The monoisotopic (exact) mass is 219 g/mol. The van der Waals surface area contributed by atoms with Crippen LogP contribution in [0, 0.1) is 10.1 Å². The number of nitrogens with zero attached hydrogens (tertiary/aromatic N) is 4. The molecule has 0 bridgehead atoms. The largest absolute Gasteiger partial charge is 0.358 e. The molecule has 2 aromatic heterocycles. The molecular formula is C9H9N5O2. The predicted molar refractivity (Wildman–Crippen MR) is 56.7 cm³/mol. The van der Waals surface area contributed by atoms with Gasteiger partial charge in [0, 0.05) is 18.1 Å². The van der Waals surface area contributed by atoms with Gasteiger partial charge in [-0.2, -0.15) is 4.57 Å². The SMILES string of the molecule is O=[N+]([O-])c1cncn1CNc1ccncc1. The smallest absolute Gasteiger partial charge is 0.344 e. The zero-order chi connectivity index (χ0) is 11.4. The summed E-state index contributed by atoms with van der Waals surface area (Å²) < 4.78 is 1.42. The highest BCUT2D eigenvalue weighted by Crippen LogP contribution is 2.10. The summed E-state index contributed by atoms with van der Waals surface area (Å²) in [5.74, 6) is -0.0402. The second kappa shape index (κ2) is 4.39. The second-order valence-electron chi connectivity index (χ2n) is 3.05. The fraction of sp³-hybridized carbons (Fsp3) is 0.111. The number of nitro groups is 1. The second-order valence-corrected chi connectivity index (χ2v) is 3.05. The Labute approximate surface area is 90.9 Å². The van der Waals surface area contributed by atoms with E-state index < -0.39 is 4.92 Å². The van der Waals surface area contributed by atoms with Gasteiger partial charge in [-0.25, -0.2) is 4.98 Å². The summed E-state index contributed by atoms with van der Waals surface area (Å²) in [7, 11) is 0. The number of nitrogens with one attached hydrogen (secondary N) is 1. The minimum absolute atomic E-state index is 0.0402. The van der Waals surface area contributed by atoms with Crippen LogP contribution in [0.15, 0.2) is 37.1 Å². The molecule has 0 aromatic carbocycles. The third-order valence-corrected chi connectivity index (χ3v) is 2.01. The highest BCUT2D eigenvalue weighted by atomic mass is 16.6. The van der Waals surface area contributed by atoms with Crippen molar-refractivity contribution in [3.63, 3.8) is 0 Å². The van der Waals surface area contributed by atoms with E-state index in [4.69, 9.17) is 0 Å². The molecule has 7 nitrogen and oxygen atoms in total. The lowest BCUT2D eigenvalue weighted by molar-refractivity contribution is -0.392. The summed E-state index contributed by atoms with van der Waals surface area (Å²) in [6.07, 6.45) is 5.91. The molecule has 7 heteroatoms. The molecule has 0 unspecified atom stereocenters. The summed E-state index contributed by atoms with van der Waals surface area (Å²) in [5.41, 5.74) is 0.845. The molecule has 0 saturated carbocycles. The lowest BCUT2D eigenvalue weighted by Crippen LogP contribution is -2.09. The van der Waals surface area contributed by atoms with Crippen LogP contribution >= 0.6 is 0 Å². The zero-order valence-electron chi connectivity index (χ0n) is 8.28. The number of hydrogen-bond donors (Lipinski definition) is 1. The van der Waals surface area contributed by atoms with E-state index in [0.717, 1.165) is 5.69 Å². The van der Waals surface area contributed by atoms with E-state index in [1.807, 2.05) is 0 Å². The predicted octanol–water partition coefficient (Wildman–Crippen LogP) is 1.26. The molecule has 2 heterocycles. The Morgan fingerprint density at radius 3 is 2.81 bits per heavy atom. The lowest BCUT2D eigenvalue weighted by Gasteiger charge is -2.04. The molecule has 0 amide bonds. The van der Waals surface area contributed by atoms with Crippen molar-refractivity contribution in [2.45, 2.75) is 6.67 Å². The van der Waals surface area contributed by atoms with Crippen LogP contribution in [0.1, 0.15) is 0 Å². The molecule has 0 saturated heterocycles. The quantitative estimate of drug-likeness (QED) is 0.617. The molecule has 2 rings (SSSR count). The molecule has 0 radical (unpaired) electrons. The Balaban J connectivity index is 2.05. The van der Waals surface area contributed by atoms with Crippen LogP contribution in [0.2, 0.25) is 0 Å². The number of anilines is 1. The van der Waals surface area contributed by atoms with Gasteiger partial charge in [0.1, 0.15) is 6.20 Å². The van der Waals surface area contributed by atoms with Crippen LogP contribution in [0.4, 0.5) is 11.5 Å². The minimum Gasteiger partial charge on any atom is -0.358 e. The van der Waals surface area contributed by atoms with E-state index in [2.05, 4.69) is 15.3 Å². The van der Waals surface area contributed by atoms with Crippen molar-refractivity contribution < 1.29 is 4.92 Å². The summed E-state index contributed by atoms with van der Waals surface area (Å²) in [4.78, 5) is 17.7. The van der Waals surface area contributed by atoms with Gasteiger partial charge in [-0.05, 0) is 17.1 Å². The van der Waals surface area contributed by atoms with Crippen LogP contribution < -0.4 is 5.32 Å². The van der Waals surface area contributed by atoms with Gasteiger partial charge in [0.15, 0.2) is 13.0 Å². The highest BCUT2D eigenvalue weighted by Gasteiger charge is 2.11. The van der Waals surface area contributed by atoms with Gasteiger partial charge in [0.25, 0.3) is 0 Å². The van der Waals surface area contributed by atoms with E-state index in [0.29, 0.717) is 6.67 Å². The first-order valence-corrected chi connectivity index (χ1v) is 4.56. The third-order valence-electron chi connectivity index (χ3n) is 2.01. The molecule has 82 valence electrons. The van der Waals surface area contributed by atoms with E-state index in [1.54, 1.807) is 24.5 Å². The Bertz CT molecular complexity index is 482. The van der Waals surface area contributed by atoms with Crippen LogP contribution in [-0.4, -0.2) is 19.5 Å². The van der Waals surface area contributed by atoms with E-state index >= 15 is 0 Å². The summed E-state index contributed by atoms with van der Waals surface area (Å²) in [6, 6.07) is 3.56. The van der Waals surface area contributed by atoms with Crippen molar-refractivity contribution in [1.29, 1.82) is 0 Å². The van der Waals surface area contributed by atoms with Gasteiger partial charge >= 0.3 is 5.82 Å². The van der Waals surface area contributed by atoms with Gasteiger partial charge in [-0.1, -0.05) is 0 Å². The van der Waals surface area contributed by atoms with Crippen LogP contribution in [0.25, 0.3) is 0 Å². The van der Waals surface area contributed by atoms with E-state index in [-0.39, 0.29) is 5.82 Å². The van der Waals surface area contributed by atoms with Crippen molar-refractivity contribution in [3.8, 4) is 0 Å². The molecule has 0 aliphatic rings. The number of imidazole rings is 1. The highest BCUT2D eigenvalue weighted by molar-refractivity contribution is 5.40. The van der Waals surface area contributed by atoms with Gasteiger partial charge in [0.2, 0.25) is 0 Å². The van der Waals surface area contributed by atoms with Crippen molar-refractivity contribution >= 4 is 11.5 Å². The van der Waals surface area contributed by atoms with Crippen LogP contribution in [0.5, 0.6) is 0 Å². The Morgan fingerprint density at radius 2 is 2.12 bits per heavy atom. The van der Waals surface area contributed by atoms with Crippen molar-refractivity contribution in [3.05, 3.63) is 47.2 Å². The average Bonchev–Trinajstić information content (AvgIpc) is 2.76. The van der Waals surface area contributed by atoms with Crippen molar-refractivity contribution in [2.75, 3.05) is 5.32 Å². The molecule has 0 spiro atoms. The minimum atomic E-state index is -0.471. The first-order valence-electron chi connectivity index (χ1n) is 4.56. The lowest BCUT2D eigenvalue weighted by atomic mass is 10.4. The fourth-order valence-corrected chi connectivity index (χ4v) is 1.23. The molecule has 0 atom stereocenters. The van der Waals surface area contributed by atoms with Gasteiger partial charge in [0.05, 0.1) is 0 Å². The van der Waals surface area contributed by atoms with Gasteiger partial charge in [-0.3, -0.25) is 4.98 Å². The maximum absolute atomic E-state index is 10.6. The first kappa shape index (κ1) is 10.1. The zero-order valence-corrected chi connectivity index (χ0v) is 8.28. The van der Waals surface area contributed by atoms with Gasteiger partial charge < -0.3 is 15.4 Å². The van der Waals surface area contributed by atoms with Crippen LogP contribution in [-0.2, 0) is 6.67 Å². The maximum Gasteiger partial charge on any atom is 0.344 e. The average molecular weight is 219 g/mol. The molecule has 1 N–H and O–H groups in total. The topological polar surface area (TPSA) is 85.9 Å². The summed E-state index contributed by atoms with van der Waals surface area (Å²) in [5, 5.41) is 13.6. The molecule has 0 aliphatic carbocycles. The standard InChI is InChI=1S/C9H9N5O2/c15-14(16)9-5-11-6-13(9)7-12-8-1-3-10-4-2-8/h1-6H,7H2,(H,10,12). The summed E-state index contributed by atoms with van der Waals surface area (Å²) >= 11 is 0. The van der Waals surface area contributed by atoms with E-state index in [9.17, 15) is 10.1 Å². The number of hydrogen-bond acceptors (Lipinski definition) is 5. The molecule has 0 fully saturated rings. The first-order chi connectivity index (χ1) is 7.77. The van der Waals surface area contributed by atoms with Crippen LogP contribution in [0.3, 0.4) is 0 Å². The molecular weight excluding hydrogens is 210 g/mol. The number of pyridine rings is 1. The van der Waals surface area contributed by atoms with E-state index in [1.165, 1.54) is 17.1 Å². The normalized spacial score (nSPS) is 10.0. The number of rotatable bonds is 4. The van der Waals surface area contributed by atoms with Crippen molar-refractivity contribution in [2.24, 2.45) is 0 Å². The Hall–Kier alpha value is -2.44. The molecule has 2 aromatic rings. The molecule has 16 heavy (non-hydrogen) atoms. The Morgan fingerprint density at radius 1 is 1.38 bits per heavy atom. The third kappa shape index (κ3) is 2.14. The maximum atomic E-state index is 10.6. The van der Waals surface area contributed by atoms with Gasteiger partial charge in [-0.15, -0.1) is 0 Å².